The third kappa shape index (κ3) is 3.78. The zero-order valence-electron chi connectivity index (χ0n) is 22.1. The molecule has 2 aromatic carbocycles. The highest BCUT2D eigenvalue weighted by Crippen LogP contribution is 2.75. The minimum atomic E-state index is -0.276. The number of hydrogen-bond acceptors (Lipinski definition) is 0. The van der Waals surface area contributed by atoms with Gasteiger partial charge in [0.15, 0.2) is 0 Å². The minimum absolute atomic E-state index is 0.160. The Balaban J connectivity index is 1.71. The van der Waals surface area contributed by atoms with Crippen LogP contribution in [-0.2, 0) is 5.16 Å². The topological polar surface area (TPSA) is 0 Å². The molecule has 0 aliphatic carbocycles. The Hall–Kier alpha value is -0.700. The molecule has 178 valence electrons. The van der Waals surface area contributed by atoms with Crippen molar-refractivity contribution in [2.75, 3.05) is 0 Å². The molecule has 0 bridgehead atoms. The van der Waals surface area contributed by atoms with Crippen LogP contribution in [0.5, 0.6) is 0 Å². The molecule has 2 fully saturated rings. The molecule has 2 unspecified atom stereocenters. The summed E-state index contributed by atoms with van der Waals surface area (Å²) in [6.07, 6.45) is 11.1. The van der Waals surface area contributed by atoms with E-state index in [2.05, 4.69) is 90.9 Å². The summed E-state index contributed by atoms with van der Waals surface area (Å²) in [5.41, 5.74) is 4.83. The zero-order chi connectivity index (χ0) is 23.6. The van der Waals surface area contributed by atoms with Crippen LogP contribution in [0.15, 0.2) is 42.5 Å². The lowest BCUT2D eigenvalue weighted by molar-refractivity contribution is 0.555. The van der Waals surface area contributed by atoms with Crippen molar-refractivity contribution in [1.29, 1.82) is 0 Å². The zero-order valence-corrected chi connectivity index (χ0v) is 23.9. The molecule has 2 saturated heterocycles. The summed E-state index contributed by atoms with van der Waals surface area (Å²) in [6.45, 7) is 18.0. The van der Waals surface area contributed by atoms with Crippen molar-refractivity contribution >= 4 is 26.5 Å². The molecule has 2 aromatic rings. The van der Waals surface area contributed by atoms with Gasteiger partial charge in [-0.3, -0.25) is 0 Å². The molecule has 0 aromatic heterocycles. The summed E-state index contributed by atoms with van der Waals surface area (Å²) in [7, 11) is -0.436. The first-order chi connectivity index (χ1) is 15.5. The normalized spacial score (nSPS) is 30.3. The molecule has 3 heterocycles. The van der Waals surface area contributed by atoms with Gasteiger partial charge in [-0.15, -0.1) is 0 Å². The molecule has 2 atom stereocenters. The van der Waals surface area contributed by atoms with E-state index in [9.17, 15) is 0 Å². The van der Waals surface area contributed by atoms with E-state index in [1.54, 1.807) is 27.3 Å². The van der Waals surface area contributed by atoms with Gasteiger partial charge in [0.05, 0.1) is 0 Å². The fourth-order valence-electron chi connectivity index (χ4n) is 7.81. The molecule has 0 saturated carbocycles. The van der Waals surface area contributed by atoms with Gasteiger partial charge in [-0.1, -0.05) is 132 Å². The van der Waals surface area contributed by atoms with Gasteiger partial charge in [-0.05, 0) is 68.5 Å². The van der Waals surface area contributed by atoms with Crippen molar-refractivity contribution in [3.63, 3.8) is 0 Å². The van der Waals surface area contributed by atoms with E-state index in [0.29, 0.717) is 20.6 Å². The maximum atomic E-state index is 2.60. The summed E-state index contributed by atoms with van der Waals surface area (Å²) in [5, 5.41) is 5.06. The highest BCUT2D eigenvalue weighted by molar-refractivity contribution is 7.71. The molecule has 5 rings (SSSR count). The van der Waals surface area contributed by atoms with Crippen LogP contribution in [-0.4, -0.2) is 15.5 Å². The third-order valence-electron chi connectivity index (χ3n) is 9.11. The standard InChI is InChI=1S/C31H44P2/c1-28(2)19-10-11-20-29(3,4)32(28)26-18-9-8-15-23(26)24-16-14-17-25-27(24)33-30(5,6)21-12-13-22-31(25,33)7/h8-9,14-18H,10-13,19-22H2,1-7H3. The molecule has 3 aliphatic rings. The lowest BCUT2D eigenvalue weighted by Crippen LogP contribution is -2.47. The first-order valence-electron chi connectivity index (χ1n) is 13.3. The van der Waals surface area contributed by atoms with Crippen LogP contribution in [0.4, 0.5) is 0 Å². The van der Waals surface area contributed by atoms with Gasteiger partial charge in [0.25, 0.3) is 0 Å². The summed E-state index contributed by atoms with van der Waals surface area (Å²) < 4.78 is 0. The second-order valence-corrected chi connectivity index (χ2v) is 19.9. The van der Waals surface area contributed by atoms with E-state index in [0.717, 1.165) is 0 Å². The van der Waals surface area contributed by atoms with Gasteiger partial charge < -0.3 is 0 Å². The summed E-state index contributed by atoms with van der Waals surface area (Å²) in [6, 6.07) is 16.9. The number of fused-ring (bicyclic) bond motifs is 4. The Morgan fingerprint density at radius 2 is 1.06 bits per heavy atom. The Labute approximate surface area is 205 Å². The van der Waals surface area contributed by atoms with Crippen molar-refractivity contribution < 1.29 is 0 Å². The number of hydrogen-bond donors (Lipinski definition) is 0. The van der Waals surface area contributed by atoms with E-state index >= 15 is 0 Å². The van der Waals surface area contributed by atoms with Crippen molar-refractivity contribution in [3.8, 4) is 11.1 Å². The lowest BCUT2D eigenvalue weighted by Gasteiger charge is -2.56. The summed E-state index contributed by atoms with van der Waals surface area (Å²) in [4.78, 5) is 0. The Kier molecular flexibility index (Phi) is 5.95. The Morgan fingerprint density at radius 3 is 1.70 bits per heavy atom. The largest absolute Gasteiger partial charge is 0.0631 e. The molecular formula is C31H44P2. The second kappa shape index (κ2) is 8.17. The monoisotopic (exact) mass is 478 g/mol. The lowest BCUT2D eigenvalue weighted by atomic mass is 9.90. The second-order valence-electron chi connectivity index (χ2n) is 13.0. The Bertz CT molecular complexity index is 1030. The molecule has 0 N–H and O–H groups in total. The van der Waals surface area contributed by atoms with Crippen LogP contribution >= 0.6 is 15.8 Å². The predicted octanol–water partition coefficient (Wildman–Crippen LogP) is 9.28. The third-order valence-corrected chi connectivity index (χ3v) is 16.7. The van der Waals surface area contributed by atoms with Crippen molar-refractivity contribution in [3.05, 3.63) is 48.0 Å². The van der Waals surface area contributed by atoms with Crippen LogP contribution in [0.25, 0.3) is 11.1 Å². The summed E-state index contributed by atoms with van der Waals surface area (Å²) >= 11 is 0. The van der Waals surface area contributed by atoms with Gasteiger partial charge >= 0.3 is 0 Å². The molecule has 33 heavy (non-hydrogen) atoms. The molecule has 0 radical (unpaired) electrons. The van der Waals surface area contributed by atoms with Gasteiger partial charge in [-0.25, -0.2) is 0 Å². The fraction of sp³-hybridized carbons (Fsp3) is 0.613. The quantitative estimate of drug-likeness (QED) is 0.377. The summed E-state index contributed by atoms with van der Waals surface area (Å²) in [5.74, 6) is 0. The van der Waals surface area contributed by atoms with Crippen LogP contribution in [0.1, 0.15) is 105 Å². The molecule has 0 amide bonds. The van der Waals surface area contributed by atoms with E-state index in [1.165, 1.54) is 51.4 Å². The van der Waals surface area contributed by atoms with Crippen molar-refractivity contribution in [2.24, 2.45) is 0 Å². The van der Waals surface area contributed by atoms with Gasteiger partial charge in [0, 0.05) is 5.16 Å². The smallest absolute Gasteiger partial charge is 0.0178 e. The molecular weight excluding hydrogens is 434 g/mol. The molecule has 3 aliphatic heterocycles. The van der Waals surface area contributed by atoms with Crippen LogP contribution in [0.2, 0.25) is 0 Å². The van der Waals surface area contributed by atoms with Crippen LogP contribution in [0.3, 0.4) is 0 Å². The number of benzene rings is 2. The van der Waals surface area contributed by atoms with E-state index in [-0.39, 0.29) is 15.8 Å². The maximum absolute atomic E-state index is 2.60. The van der Waals surface area contributed by atoms with E-state index in [1.807, 2.05) is 0 Å². The Morgan fingerprint density at radius 1 is 0.545 bits per heavy atom. The van der Waals surface area contributed by atoms with Crippen molar-refractivity contribution in [2.45, 2.75) is 120 Å². The van der Waals surface area contributed by atoms with Crippen LogP contribution in [0, 0.1) is 0 Å². The fourth-order valence-corrected chi connectivity index (χ4v) is 16.6. The number of rotatable bonds is 2. The van der Waals surface area contributed by atoms with Gasteiger partial charge in [0.1, 0.15) is 0 Å². The van der Waals surface area contributed by atoms with Gasteiger partial charge in [-0.2, -0.15) is 0 Å². The first kappa shape index (κ1) is 24.0. The van der Waals surface area contributed by atoms with E-state index < -0.39 is 0 Å². The van der Waals surface area contributed by atoms with Gasteiger partial charge in [0.2, 0.25) is 0 Å². The molecule has 0 spiro atoms. The molecule has 2 heteroatoms. The maximum Gasteiger partial charge on any atom is 0.0178 e. The average molecular weight is 479 g/mol. The van der Waals surface area contributed by atoms with E-state index in [4.69, 9.17) is 0 Å². The highest BCUT2D eigenvalue weighted by Gasteiger charge is 2.56. The first-order valence-corrected chi connectivity index (χ1v) is 16.0. The van der Waals surface area contributed by atoms with Crippen LogP contribution < -0.4 is 10.6 Å². The SMILES string of the molecule is CC1(C)CCCCC(C)(C)P1c1ccccc1-c1cccc2c1P1C(C)(C)CCCCC21C. The predicted molar refractivity (Wildman–Crippen MR) is 152 cm³/mol. The highest BCUT2D eigenvalue weighted by atomic mass is 31.1. The van der Waals surface area contributed by atoms with Crippen molar-refractivity contribution in [1.82, 2.24) is 0 Å². The average Bonchev–Trinajstić information content (AvgIpc) is 2.91. The minimum Gasteiger partial charge on any atom is -0.0631 e. The molecule has 0 nitrogen and oxygen atoms in total.